The van der Waals surface area contributed by atoms with Crippen LogP contribution in [-0.2, 0) is 7.05 Å². The van der Waals surface area contributed by atoms with Crippen LogP contribution in [0.1, 0.15) is 26.7 Å². The average molecular weight is 310 g/mol. The van der Waals surface area contributed by atoms with Gasteiger partial charge < -0.3 is 10.1 Å². The number of hydrogen-bond acceptors (Lipinski definition) is 9. The summed E-state index contributed by atoms with van der Waals surface area (Å²) in [4.78, 5) is 12.8. The van der Waals surface area contributed by atoms with Crippen molar-refractivity contribution in [1.29, 1.82) is 0 Å². The van der Waals surface area contributed by atoms with Crippen LogP contribution in [0.2, 0.25) is 0 Å². The van der Waals surface area contributed by atoms with E-state index in [-0.39, 0.29) is 0 Å². The third kappa shape index (κ3) is 4.52. The lowest BCUT2D eigenvalue weighted by atomic mass is 10.5. The predicted octanol–water partition coefficient (Wildman–Crippen LogP) is 1.16. The molecule has 0 saturated carbocycles. The summed E-state index contributed by atoms with van der Waals surface area (Å²) < 4.78 is 7.05. The standard InChI is InChI=1S/C11H18N8OS/c1-4-6-12-8-13-9(20-7-5-2)15-10(14-8)21-11-16-17-18-19(11)3/h4-7H2,1-3H3,(H,12,13,14,15). The molecule has 9 nitrogen and oxygen atoms in total. The van der Waals surface area contributed by atoms with Crippen molar-refractivity contribution in [3.63, 3.8) is 0 Å². The van der Waals surface area contributed by atoms with Crippen molar-refractivity contribution in [2.75, 3.05) is 18.5 Å². The van der Waals surface area contributed by atoms with Crippen LogP contribution in [-0.4, -0.2) is 48.3 Å². The molecule has 2 aromatic heterocycles. The Hall–Kier alpha value is -1.97. The van der Waals surface area contributed by atoms with Gasteiger partial charge in [0.15, 0.2) is 0 Å². The van der Waals surface area contributed by atoms with Gasteiger partial charge in [-0.15, -0.1) is 5.10 Å². The second kappa shape index (κ2) is 7.72. The van der Waals surface area contributed by atoms with Crippen LogP contribution in [0.25, 0.3) is 0 Å². The van der Waals surface area contributed by atoms with Crippen LogP contribution in [0, 0.1) is 0 Å². The number of ether oxygens (including phenoxy) is 1. The molecule has 0 bridgehead atoms. The van der Waals surface area contributed by atoms with Gasteiger partial charge >= 0.3 is 6.01 Å². The van der Waals surface area contributed by atoms with Crippen LogP contribution in [0.3, 0.4) is 0 Å². The van der Waals surface area contributed by atoms with Crippen LogP contribution >= 0.6 is 11.8 Å². The third-order valence-corrected chi connectivity index (χ3v) is 3.22. The van der Waals surface area contributed by atoms with Crippen molar-refractivity contribution in [2.24, 2.45) is 7.05 Å². The van der Waals surface area contributed by atoms with E-state index in [4.69, 9.17) is 4.74 Å². The van der Waals surface area contributed by atoms with Gasteiger partial charge in [-0.2, -0.15) is 15.0 Å². The molecule has 0 amide bonds. The topological polar surface area (TPSA) is 104 Å². The zero-order valence-corrected chi connectivity index (χ0v) is 13.1. The van der Waals surface area contributed by atoms with Crippen molar-refractivity contribution in [2.45, 2.75) is 37.0 Å². The lowest BCUT2D eigenvalue weighted by Crippen LogP contribution is -2.09. The second-order valence-electron chi connectivity index (χ2n) is 4.19. The maximum absolute atomic E-state index is 5.49. The molecule has 114 valence electrons. The van der Waals surface area contributed by atoms with Gasteiger partial charge in [-0.1, -0.05) is 13.8 Å². The minimum Gasteiger partial charge on any atom is -0.463 e. The smallest absolute Gasteiger partial charge is 0.322 e. The summed E-state index contributed by atoms with van der Waals surface area (Å²) in [7, 11) is 1.76. The summed E-state index contributed by atoms with van der Waals surface area (Å²) >= 11 is 1.26. The summed E-state index contributed by atoms with van der Waals surface area (Å²) in [6.07, 6.45) is 1.87. The molecular weight excluding hydrogens is 292 g/mol. The fraction of sp³-hybridized carbons (Fsp3) is 0.636. The Kier molecular flexibility index (Phi) is 5.67. The fourth-order valence-corrected chi connectivity index (χ4v) is 2.01. The van der Waals surface area contributed by atoms with Crippen LogP contribution in [0.5, 0.6) is 6.01 Å². The minimum atomic E-state index is 0.308. The molecule has 0 atom stereocenters. The molecule has 0 spiro atoms. The first-order chi connectivity index (χ1) is 10.2. The molecule has 2 rings (SSSR count). The molecule has 0 aliphatic heterocycles. The number of anilines is 1. The molecular formula is C11H18N8OS. The predicted molar refractivity (Wildman–Crippen MR) is 77.3 cm³/mol. The molecule has 2 heterocycles. The van der Waals surface area contributed by atoms with Crippen molar-refractivity contribution in [3.05, 3.63) is 0 Å². The highest BCUT2D eigenvalue weighted by Crippen LogP contribution is 2.23. The summed E-state index contributed by atoms with van der Waals surface area (Å²) in [5, 5.41) is 15.5. The second-order valence-corrected chi connectivity index (χ2v) is 5.12. The van der Waals surface area contributed by atoms with Crippen LogP contribution < -0.4 is 10.1 Å². The highest BCUT2D eigenvalue weighted by atomic mass is 32.2. The van der Waals surface area contributed by atoms with E-state index in [0.717, 1.165) is 19.4 Å². The maximum Gasteiger partial charge on any atom is 0.322 e. The largest absolute Gasteiger partial charge is 0.463 e. The number of tetrazole rings is 1. The number of aromatic nitrogens is 7. The van der Waals surface area contributed by atoms with Gasteiger partial charge in [0, 0.05) is 13.6 Å². The summed E-state index contributed by atoms with van der Waals surface area (Å²) in [6, 6.07) is 0.308. The number of nitrogens with zero attached hydrogens (tertiary/aromatic N) is 7. The van der Waals surface area contributed by atoms with Crippen molar-refractivity contribution >= 4 is 17.7 Å². The molecule has 0 aromatic carbocycles. The van der Waals surface area contributed by atoms with Crippen molar-refractivity contribution in [3.8, 4) is 6.01 Å². The molecule has 2 aromatic rings. The molecule has 0 fully saturated rings. The number of hydrogen-bond donors (Lipinski definition) is 1. The Morgan fingerprint density at radius 3 is 2.71 bits per heavy atom. The van der Waals surface area contributed by atoms with Gasteiger partial charge in [-0.3, -0.25) is 0 Å². The first-order valence-electron chi connectivity index (χ1n) is 6.75. The molecule has 0 radical (unpaired) electrons. The lowest BCUT2D eigenvalue weighted by Gasteiger charge is -2.08. The molecule has 0 unspecified atom stereocenters. The van der Waals surface area contributed by atoms with E-state index >= 15 is 0 Å². The van der Waals surface area contributed by atoms with E-state index in [2.05, 4.69) is 42.7 Å². The Morgan fingerprint density at radius 1 is 1.19 bits per heavy atom. The van der Waals surface area contributed by atoms with Gasteiger partial charge in [0.25, 0.3) is 0 Å². The van der Waals surface area contributed by atoms with Gasteiger partial charge in [0.05, 0.1) is 6.61 Å². The van der Waals surface area contributed by atoms with Crippen molar-refractivity contribution < 1.29 is 4.74 Å². The van der Waals surface area contributed by atoms with E-state index in [1.807, 2.05) is 6.92 Å². The molecule has 0 aliphatic rings. The average Bonchev–Trinajstić information content (AvgIpc) is 2.88. The number of nitrogens with one attached hydrogen (secondary N) is 1. The minimum absolute atomic E-state index is 0.308. The van der Waals surface area contributed by atoms with Gasteiger partial charge in [-0.05, 0) is 35.0 Å². The molecule has 0 saturated heterocycles. The first kappa shape index (κ1) is 15.4. The van der Waals surface area contributed by atoms with Gasteiger partial charge in [-0.25, -0.2) is 4.68 Å². The van der Waals surface area contributed by atoms with Gasteiger partial charge in [0.2, 0.25) is 16.3 Å². The maximum atomic E-state index is 5.49. The molecule has 0 aliphatic carbocycles. The van der Waals surface area contributed by atoms with E-state index in [0.29, 0.717) is 28.9 Å². The molecule has 21 heavy (non-hydrogen) atoms. The molecule has 1 N–H and O–H groups in total. The Morgan fingerprint density at radius 2 is 2.05 bits per heavy atom. The zero-order valence-electron chi connectivity index (χ0n) is 12.3. The summed E-state index contributed by atoms with van der Waals surface area (Å²) in [5.41, 5.74) is 0. The van der Waals surface area contributed by atoms with E-state index in [1.54, 1.807) is 11.7 Å². The quantitative estimate of drug-likeness (QED) is 0.769. The Bertz CT molecular complexity index is 549. The van der Waals surface area contributed by atoms with Crippen LogP contribution in [0.4, 0.5) is 5.95 Å². The lowest BCUT2D eigenvalue weighted by molar-refractivity contribution is 0.288. The highest BCUT2D eigenvalue weighted by molar-refractivity contribution is 7.99. The third-order valence-electron chi connectivity index (χ3n) is 2.33. The first-order valence-corrected chi connectivity index (χ1v) is 7.57. The van der Waals surface area contributed by atoms with Crippen molar-refractivity contribution in [1.82, 2.24) is 35.2 Å². The Labute approximate surface area is 126 Å². The summed E-state index contributed by atoms with van der Waals surface area (Å²) in [5.74, 6) is 0.496. The normalized spacial score (nSPS) is 10.6. The monoisotopic (exact) mass is 310 g/mol. The number of aryl methyl sites for hydroxylation is 1. The SMILES string of the molecule is CCCNc1nc(OCCC)nc(Sc2nnnn2C)n1. The highest BCUT2D eigenvalue weighted by Gasteiger charge is 2.12. The Balaban J connectivity index is 2.19. The molecule has 10 heteroatoms. The summed E-state index contributed by atoms with van der Waals surface area (Å²) in [6.45, 7) is 5.45. The van der Waals surface area contributed by atoms with E-state index < -0.39 is 0 Å². The van der Waals surface area contributed by atoms with E-state index in [9.17, 15) is 0 Å². The zero-order chi connectivity index (χ0) is 15.1. The van der Waals surface area contributed by atoms with Gasteiger partial charge in [0.1, 0.15) is 0 Å². The number of rotatable bonds is 8. The van der Waals surface area contributed by atoms with Crippen LogP contribution in [0.15, 0.2) is 10.3 Å². The van der Waals surface area contributed by atoms with E-state index in [1.165, 1.54) is 11.8 Å². The fourth-order valence-electron chi connectivity index (χ4n) is 1.35.